The van der Waals surface area contributed by atoms with E-state index in [4.69, 9.17) is 0 Å². The van der Waals surface area contributed by atoms with Gasteiger partial charge in [0.05, 0.1) is 6.33 Å². The van der Waals surface area contributed by atoms with Crippen molar-refractivity contribution in [2.45, 2.75) is 53.0 Å². The first-order valence-corrected chi connectivity index (χ1v) is 8.57. The molecule has 0 aliphatic rings. The van der Waals surface area contributed by atoms with Gasteiger partial charge >= 0.3 is 5.69 Å². The van der Waals surface area contributed by atoms with Crippen LogP contribution in [0.2, 0.25) is 0 Å². The standard InChI is InChI=1S/C18H28N4O2/c1-13(2)8-6-9-14(3)10-7-11-22-17(23)15-16(19-12-20(15)4)21(5)18(22)24/h8,12,14H,6-7,9-11H2,1-5H3/t14-/m0/s1. The fraction of sp³-hybridized carbons (Fsp3) is 0.611. The largest absolute Gasteiger partial charge is 0.332 e. The molecule has 2 rings (SSSR count). The summed E-state index contributed by atoms with van der Waals surface area (Å²) in [4.78, 5) is 29.1. The van der Waals surface area contributed by atoms with Crippen LogP contribution in [0, 0.1) is 5.92 Å². The first-order valence-electron chi connectivity index (χ1n) is 8.57. The Kier molecular flexibility index (Phi) is 5.80. The van der Waals surface area contributed by atoms with Gasteiger partial charge in [0.15, 0.2) is 11.2 Å². The van der Waals surface area contributed by atoms with Crippen molar-refractivity contribution in [3.05, 3.63) is 38.8 Å². The second-order valence-electron chi connectivity index (χ2n) is 6.93. The smallest absolute Gasteiger partial charge is 0.328 e. The Morgan fingerprint density at radius 1 is 1.25 bits per heavy atom. The van der Waals surface area contributed by atoms with E-state index in [0.717, 1.165) is 25.7 Å². The zero-order valence-electron chi connectivity index (χ0n) is 15.4. The summed E-state index contributed by atoms with van der Waals surface area (Å²) in [6, 6.07) is 0. The van der Waals surface area contributed by atoms with Crippen LogP contribution in [-0.4, -0.2) is 18.7 Å². The molecule has 0 saturated heterocycles. The van der Waals surface area contributed by atoms with Crippen LogP contribution in [0.1, 0.15) is 46.5 Å². The van der Waals surface area contributed by atoms with Crippen molar-refractivity contribution < 1.29 is 0 Å². The molecule has 0 unspecified atom stereocenters. The molecule has 0 spiro atoms. The molecule has 1 atom stereocenters. The van der Waals surface area contributed by atoms with E-state index in [-0.39, 0.29) is 11.2 Å². The van der Waals surface area contributed by atoms with E-state index in [0.29, 0.717) is 23.6 Å². The Morgan fingerprint density at radius 3 is 2.62 bits per heavy atom. The molecule has 6 heteroatoms. The number of rotatable bonds is 7. The Labute approximate surface area is 142 Å². The number of aromatic nitrogens is 4. The highest BCUT2D eigenvalue weighted by Crippen LogP contribution is 2.14. The summed E-state index contributed by atoms with van der Waals surface area (Å²) < 4.78 is 4.47. The maximum absolute atomic E-state index is 12.6. The summed E-state index contributed by atoms with van der Waals surface area (Å²) in [7, 11) is 3.44. The highest BCUT2D eigenvalue weighted by molar-refractivity contribution is 5.69. The Bertz CT molecular complexity index is 850. The molecule has 6 nitrogen and oxygen atoms in total. The first kappa shape index (κ1) is 18.2. The second kappa shape index (κ2) is 7.64. The molecule has 0 bridgehead atoms. The summed E-state index contributed by atoms with van der Waals surface area (Å²) in [6.07, 6.45) is 7.89. The van der Waals surface area contributed by atoms with Crippen LogP contribution < -0.4 is 11.2 Å². The Hall–Kier alpha value is -2.11. The maximum atomic E-state index is 12.6. The van der Waals surface area contributed by atoms with Crippen LogP contribution in [0.4, 0.5) is 0 Å². The third-order valence-electron chi connectivity index (χ3n) is 4.49. The molecular weight excluding hydrogens is 304 g/mol. The summed E-state index contributed by atoms with van der Waals surface area (Å²) in [5.41, 5.74) is 1.74. The van der Waals surface area contributed by atoms with Gasteiger partial charge in [-0.2, -0.15) is 0 Å². The molecule has 2 aromatic heterocycles. The van der Waals surface area contributed by atoms with Crippen molar-refractivity contribution in [3.8, 4) is 0 Å². The van der Waals surface area contributed by atoms with Crippen LogP contribution in [0.3, 0.4) is 0 Å². The number of imidazole rings is 1. The fourth-order valence-electron chi connectivity index (χ4n) is 2.99. The van der Waals surface area contributed by atoms with Gasteiger partial charge in [-0.25, -0.2) is 9.78 Å². The zero-order chi connectivity index (χ0) is 17.9. The highest BCUT2D eigenvalue weighted by atomic mass is 16.2. The van der Waals surface area contributed by atoms with Gasteiger partial charge in [0.2, 0.25) is 0 Å². The van der Waals surface area contributed by atoms with Crippen LogP contribution in [0.15, 0.2) is 27.6 Å². The molecule has 0 aromatic carbocycles. The lowest BCUT2D eigenvalue weighted by molar-refractivity contribution is 0.444. The maximum Gasteiger partial charge on any atom is 0.332 e. The minimum atomic E-state index is -0.289. The first-order chi connectivity index (χ1) is 11.3. The molecule has 24 heavy (non-hydrogen) atoms. The lowest BCUT2D eigenvalue weighted by Gasteiger charge is -2.12. The normalized spacial score (nSPS) is 12.5. The average molecular weight is 332 g/mol. The quantitative estimate of drug-likeness (QED) is 0.732. The van der Waals surface area contributed by atoms with Crippen molar-refractivity contribution in [1.29, 1.82) is 0 Å². The number of hydrogen-bond acceptors (Lipinski definition) is 3. The van der Waals surface area contributed by atoms with E-state index in [2.05, 4.69) is 31.8 Å². The molecule has 2 heterocycles. The molecule has 0 amide bonds. The highest BCUT2D eigenvalue weighted by Gasteiger charge is 2.14. The van der Waals surface area contributed by atoms with Crippen molar-refractivity contribution in [3.63, 3.8) is 0 Å². The van der Waals surface area contributed by atoms with Crippen molar-refractivity contribution >= 4 is 11.2 Å². The lowest BCUT2D eigenvalue weighted by Crippen LogP contribution is -2.39. The van der Waals surface area contributed by atoms with Gasteiger partial charge in [-0.3, -0.25) is 13.9 Å². The molecule has 0 N–H and O–H groups in total. The van der Waals surface area contributed by atoms with Gasteiger partial charge in [-0.05, 0) is 45.4 Å². The number of allylic oxidation sites excluding steroid dienone is 2. The molecule has 0 radical (unpaired) electrons. The topological polar surface area (TPSA) is 61.8 Å². The predicted octanol–water partition coefficient (Wildman–Crippen LogP) is 2.60. The van der Waals surface area contributed by atoms with Crippen molar-refractivity contribution in [2.75, 3.05) is 0 Å². The van der Waals surface area contributed by atoms with E-state index < -0.39 is 0 Å². The van der Waals surface area contributed by atoms with Crippen LogP contribution >= 0.6 is 0 Å². The molecule has 0 aliphatic heterocycles. The van der Waals surface area contributed by atoms with Gasteiger partial charge < -0.3 is 4.57 Å². The summed E-state index contributed by atoms with van der Waals surface area (Å²) >= 11 is 0. The van der Waals surface area contributed by atoms with Gasteiger partial charge in [0, 0.05) is 20.6 Å². The third-order valence-corrected chi connectivity index (χ3v) is 4.49. The van der Waals surface area contributed by atoms with Gasteiger partial charge in [0.25, 0.3) is 5.56 Å². The van der Waals surface area contributed by atoms with Gasteiger partial charge in [-0.15, -0.1) is 0 Å². The minimum Gasteiger partial charge on any atom is -0.328 e. The van der Waals surface area contributed by atoms with Gasteiger partial charge in [0.1, 0.15) is 0 Å². The zero-order valence-corrected chi connectivity index (χ0v) is 15.4. The monoisotopic (exact) mass is 332 g/mol. The minimum absolute atomic E-state index is 0.245. The van der Waals surface area contributed by atoms with Crippen LogP contribution in [-0.2, 0) is 20.6 Å². The Morgan fingerprint density at radius 2 is 1.96 bits per heavy atom. The lowest BCUT2D eigenvalue weighted by atomic mass is 9.99. The van der Waals surface area contributed by atoms with Gasteiger partial charge in [-0.1, -0.05) is 18.6 Å². The Balaban J connectivity index is 2.08. The molecule has 0 fully saturated rings. The van der Waals surface area contributed by atoms with E-state index in [9.17, 15) is 9.59 Å². The van der Waals surface area contributed by atoms with E-state index in [1.807, 2.05) is 0 Å². The van der Waals surface area contributed by atoms with Crippen LogP contribution in [0.5, 0.6) is 0 Å². The predicted molar refractivity (Wildman–Crippen MR) is 97.3 cm³/mol. The van der Waals surface area contributed by atoms with Crippen molar-refractivity contribution in [1.82, 2.24) is 18.7 Å². The number of fused-ring (bicyclic) bond motifs is 1. The number of nitrogens with zero attached hydrogens (tertiary/aromatic N) is 4. The number of aryl methyl sites for hydroxylation is 2. The third kappa shape index (κ3) is 3.86. The second-order valence-corrected chi connectivity index (χ2v) is 6.93. The fourth-order valence-corrected chi connectivity index (χ4v) is 2.99. The van der Waals surface area contributed by atoms with E-state index >= 15 is 0 Å². The van der Waals surface area contributed by atoms with E-state index in [1.54, 1.807) is 25.0 Å². The summed E-state index contributed by atoms with van der Waals surface area (Å²) in [5.74, 6) is 0.584. The summed E-state index contributed by atoms with van der Waals surface area (Å²) in [5, 5.41) is 0. The SMILES string of the molecule is CC(C)=CCC[C@H](C)CCCn1c(=O)c2c(ncn2C)n(C)c1=O. The molecule has 132 valence electrons. The average Bonchev–Trinajstić information content (AvgIpc) is 2.90. The summed E-state index contributed by atoms with van der Waals surface area (Å²) in [6.45, 7) is 6.91. The molecule has 0 aliphatic carbocycles. The van der Waals surface area contributed by atoms with Crippen molar-refractivity contribution in [2.24, 2.45) is 20.0 Å². The molecule has 0 saturated carbocycles. The van der Waals surface area contributed by atoms with Crippen LogP contribution in [0.25, 0.3) is 11.2 Å². The van der Waals surface area contributed by atoms with E-state index in [1.165, 1.54) is 14.7 Å². The molecule has 2 aromatic rings. The number of hydrogen-bond donors (Lipinski definition) is 0. The molecular formula is C18H28N4O2.